The first kappa shape index (κ1) is 28.3. The molecule has 41 heavy (non-hydrogen) atoms. The molecule has 0 spiro atoms. The number of ether oxygens (including phenoxy) is 3. The minimum absolute atomic E-state index is 0.0421. The molecule has 2 fully saturated rings. The first-order chi connectivity index (χ1) is 19.8. The first-order valence-corrected chi connectivity index (χ1v) is 14.1. The summed E-state index contributed by atoms with van der Waals surface area (Å²) in [6, 6.07) is 14.1. The number of thiazole rings is 1. The summed E-state index contributed by atoms with van der Waals surface area (Å²) >= 11 is 1.07. The molecule has 12 heteroatoms. The van der Waals surface area contributed by atoms with E-state index in [2.05, 4.69) is 15.6 Å². The molecule has 1 saturated carbocycles. The minimum atomic E-state index is -1.94. The highest BCUT2D eigenvalue weighted by molar-refractivity contribution is 7.16. The third-order valence-electron chi connectivity index (χ3n) is 7.09. The summed E-state index contributed by atoms with van der Waals surface area (Å²) in [7, 11) is 3.06. The maximum Gasteiger partial charge on any atom is 0.410 e. The number of carbonyl (C=O) groups is 3. The Morgan fingerprint density at radius 3 is 2.61 bits per heavy atom. The molecular formula is C29H31FN4O6S. The number of alkyl halides is 1. The normalized spacial score (nSPS) is 17.0. The Balaban J connectivity index is 1.34. The maximum atomic E-state index is 14.5. The predicted octanol–water partition coefficient (Wildman–Crippen LogP) is 5.00. The van der Waals surface area contributed by atoms with Gasteiger partial charge in [-0.05, 0) is 43.4 Å². The molecule has 3 amide bonds. The Labute approximate surface area is 240 Å². The summed E-state index contributed by atoms with van der Waals surface area (Å²) < 4.78 is 30.7. The summed E-state index contributed by atoms with van der Waals surface area (Å²) in [4.78, 5) is 45.0. The van der Waals surface area contributed by atoms with Crippen LogP contribution in [0, 0.1) is 0 Å². The Morgan fingerprint density at radius 1 is 1.12 bits per heavy atom. The topological polar surface area (TPSA) is 119 Å². The number of rotatable bonds is 10. The molecule has 3 aromatic rings. The van der Waals surface area contributed by atoms with Gasteiger partial charge in [0.15, 0.2) is 11.4 Å². The summed E-state index contributed by atoms with van der Waals surface area (Å²) in [5, 5.41) is 5.98. The van der Waals surface area contributed by atoms with Crippen LogP contribution < -0.4 is 20.1 Å². The number of halogens is 1. The van der Waals surface area contributed by atoms with Gasteiger partial charge in [0.1, 0.15) is 28.1 Å². The van der Waals surface area contributed by atoms with Crippen LogP contribution in [-0.2, 0) is 22.7 Å². The van der Waals surface area contributed by atoms with Crippen molar-refractivity contribution < 1.29 is 33.0 Å². The van der Waals surface area contributed by atoms with Crippen LogP contribution in [0.15, 0.2) is 48.5 Å². The first-order valence-electron chi connectivity index (χ1n) is 13.3. The fourth-order valence-corrected chi connectivity index (χ4v) is 5.68. The molecule has 2 aliphatic rings. The second-order valence-corrected chi connectivity index (χ2v) is 10.9. The molecule has 2 aromatic carbocycles. The zero-order chi connectivity index (χ0) is 29.0. The number of nitrogens with zero attached hydrogens (tertiary/aromatic N) is 2. The van der Waals surface area contributed by atoms with Crippen molar-refractivity contribution in [1.29, 1.82) is 0 Å². The number of amides is 3. The van der Waals surface area contributed by atoms with Gasteiger partial charge >= 0.3 is 6.09 Å². The number of likely N-dealkylation sites (tertiary alicyclic amines) is 1. The molecule has 5 rings (SSSR count). The van der Waals surface area contributed by atoms with Crippen molar-refractivity contribution in [3.05, 3.63) is 70.4 Å². The number of benzene rings is 2. The van der Waals surface area contributed by atoms with E-state index in [1.54, 1.807) is 30.2 Å². The van der Waals surface area contributed by atoms with E-state index in [-0.39, 0.29) is 36.7 Å². The molecule has 1 aliphatic heterocycles. The zero-order valence-corrected chi connectivity index (χ0v) is 23.6. The van der Waals surface area contributed by atoms with Crippen molar-refractivity contribution in [2.45, 2.75) is 50.5 Å². The summed E-state index contributed by atoms with van der Waals surface area (Å²) in [6.45, 7) is 0.704. The highest BCUT2D eigenvalue weighted by Gasteiger charge is 2.51. The lowest BCUT2D eigenvalue weighted by Gasteiger charge is -2.22. The van der Waals surface area contributed by atoms with E-state index in [9.17, 15) is 18.8 Å². The van der Waals surface area contributed by atoms with Crippen LogP contribution in [0.1, 0.15) is 58.3 Å². The number of methoxy groups -OCH3 is 2. The van der Waals surface area contributed by atoms with E-state index in [4.69, 9.17) is 14.2 Å². The smallest absolute Gasteiger partial charge is 0.410 e. The van der Waals surface area contributed by atoms with Gasteiger partial charge in [-0.25, -0.2) is 14.2 Å². The Kier molecular flexibility index (Phi) is 8.39. The van der Waals surface area contributed by atoms with Crippen molar-refractivity contribution >= 4 is 34.2 Å². The van der Waals surface area contributed by atoms with Gasteiger partial charge in [0.2, 0.25) is 0 Å². The van der Waals surface area contributed by atoms with Gasteiger partial charge in [0.25, 0.3) is 11.8 Å². The molecule has 0 bridgehead atoms. The molecule has 10 nitrogen and oxygen atoms in total. The number of carbonyl (C=O) groups excluding carboxylic acids is 3. The summed E-state index contributed by atoms with van der Waals surface area (Å²) in [6.07, 6.45) is 1.10. The maximum absolute atomic E-state index is 14.5. The highest BCUT2D eigenvalue weighted by atomic mass is 32.1. The SMILES string of the molecule is COc1ccc(CNC(=O)c2nc([C@H]3CCCN3C(=O)OCc3ccccc3)sc2NC(=O)C2(F)CC2)c(OC)c1. The van der Waals surface area contributed by atoms with E-state index in [1.165, 1.54) is 7.11 Å². The molecule has 0 radical (unpaired) electrons. The average molecular weight is 583 g/mol. The van der Waals surface area contributed by atoms with Gasteiger partial charge in [0.05, 0.1) is 20.3 Å². The van der Waals surface area contributed by atoms with E-state index in [0.29, 0.717) is 35.0 Å². The number of anilines is 1. The van der Waals surface area contributed by atoms with Crippen LogP contribution in [0.3, 0.4) is 0 Å². The fraction of sp³-hybridized carbons (Fsp3) is 0.379. The largest absolute Gasteiger partial charge is 0.497 e. The fourth-order valence-electron chi connectivity index (χ4n) is 4.57. The van der Waals surface area contributed by atoms with Crippen LogP contribution in [0.25, 0.3) is 0 Å². The van der Waals surface area contributed by atoms with Gasteiger partial charge in [-0.1, -0.05) is 41.7 Å². The van der Waals surface area contributed by atoms with E-state index >= 15 is 0 Å². The summed E-state index contributed by atoms with van der Waals surface area (Å²) in [5.74, 6) is -0.222. The lowest BCUT2D eigenvalue weighted by molar-refractivity contribution is -0.122. The molecule has 216 valence electrons. The quantitative estimate of drug-likeness (QED) is 0.345. The Morgan fingerprint density at radius 2 is 1.90 bits per heavy atom. The van der Waals surface area contributed by atoms with Gasteiger partial charge in [-0.2, -0.15) is 0 Å². The van der Waals surface area contributed by atoms with Crippen LogP contribution >= 0.6 is 11.3 Å². The van der Waals surface area contributed by atoms with Crippen LogP contribution in [-0.4, -0.2) is 54.2 Å². The standard InChI is InChI=1S/C29H31FN4O6S/c1-38-20-11-10-19(22(15-20)39-2)16-31-24(35)23-26(33-27(36)29(30)12-13-29)41-25(32-23)21-9-6-14-34(21)28(37)40-17-18-7-4-3-5-8-18/h3-5,7-8,10-11,15,21H,6,9,12-14,16-17H2,1-2H3,(H,31,35)(H,33,36)/t21-/m1/s1. The summed E-state index contributed by atoms with van der Waals surface area (Å²) in [5.41, 5.74) is -0.413. The number of aromatic nitrogens is 1. The molecule has 1 saturated heterocycles. The molecule has 2 heterocycles. The number of nitrogens with one attached hydrogen (secondary N) is 2. The van der Waals surface area contributed by atoms with Gasteiger partial charge in [-0.15, -0.1) is 0 Å². The second-order valence-electron chi connectivity index (χ2n) is 9.90. The Hall–Kier alpha value is -4.19. The minimum Gasteiger partial charge on any atom is -0.497 e. The third-order valence-corrected chi connectivity index (χ3v) is 8.16. The highest BCUT2D eigenvalue weighted by Crippen LogP contribution is 2.43. The van der Waals surface area contributed by atoms with Crippen molar-refractivity contribution in [3.8, 4) is 11.5 Å². The van der Waals surface area contributed by atoms with E-state index in [1.807, 2.05) is 30.3 Å². The predicted molar refractivity (Wildman–Crippen MR) is 150 cm³/mol. The van der Waals surface area contributed by atoms with E-state index in [0.717, 1.165) is 23.3 Å². The van der Waals surface area contributed by atoms with Crippen molar-refractivity contribution in [3.63, 3.8) is 0 Å². The van der Waals surface area contributed by atoms with Gasteiger partial charge < -0.3 is 24.8 Å². The molecule has 1 atom stereocenters. The van der Waals surface area contributed by atoms with E-state index < -0.39 is 29.6 Å². The van der Waals surface area contributed by atoms with Gasteiger partial charge in [-0.3, -0.25) is 14.5 Å². The van der Waals surface area contributed by atoms with Gasteiger partial charge in [0, 0.05) is 24.7 Å². The molecule has 0 unspecified atom stereocenters. The lowest BCUT2D eigenvalue weighted by Crippen LogP contribution is -2.31. The average Bonchev–Trinajstić information content (AvgIpc) is 3.37. The second kappa shape index (κ2) is 12.1. The molecule has 1 aliphatic carbocycles. The van der Waals surface area contributed by atoms with Crippen LogP contribution in [0.5, 0.6) is 11.5 Å². The van der Waals surface area contributed by atoms with Crippen LogP contribution in [0.4, 0.5) is 14.2 Å². The van der Waals surface area contributed by atoms with Crippen molar-refractivity contribution in [1.82, 2.24) is 15.2 Å². The lowest BCUT2D eigenvalue weighted by atomic mass is 10.2. The molecule has 2 N–H and O–H groups in total. The number of hydrogen-bond donors (Lipinski definition) is 2. The monoisotopic (exact) mass is 582 g/mol. The zero-order valence-electron chi connectivity index (χ0n) is 22.8. The number of hydrogen-bond acceptors (Lipinski definition) is 8. The third kappa shape index (κ3) is 6.43. The Bertz CT molecular complexity index is 1430. The molecular weight excluding hydrogens is 551 g/mol. The van der Waals surface area contributed by atoms with Crippen molar-refractivity contribution in [2.75, 3.05) is 26.1 Å². The van der Waals surface area contributed by atoms with Crippen LogP contribution in [0.2, 0.25) is 0 Å². The molecule has 1 aromatic heterocycles. The van der Waals surface area contributed by atoms with Crippen molar-refractivity contribution in [2.24, 2.45) is 0 Å².